The number of H-pyrrole nitrogens is 1. The van der Waals surface area contributed by atoms with Gasteiger partial charge in [0.2, 0.25) is 5.91 Å². The van der Waals surface area contributed by atoms with Gasteiger partial charge in [-0.25, -0.2) is 0 Å². The van der Waals surface area contributed by atoms with E-state index in [9.17, 15) is 4.79 Å². The van der Waals surface area contributed by atoms with Gasteiger partial charge in [-0.2, -0.15) is 0 Å². The van der Waals surface area contributed by atoms with E-state index in [4.69, 9.17) is 16.3 Å². The highest BCUT2D eigenvalue weighted by molar-refractivity contribution is 6.30. The van der Waals surface area contributed by atoms with E-state index in [2.05, 4.69) is 47.3 Å². The summed E-state index contributed by atoms with van der Waals surface area (Å²) in [5.74, 6) is 0.990. The van der Waals surface area contributed by atoms with Crippen molar-refractivity contribution in [3.63, 3.8) is 0 Å². The van der Waals surface area contributed by atoms with Crippen molar-refractivity contribution >= 4 is 34.1 Å². The van der Waals surface area contributed by atoms with Crippen molar-refractivity contribution in [3.05, 3.63) is 94.6 Å². The van der Waals surface area contributed by atoms with Crippen molar-refractivity contribution in [2.45, 2.75) is 25.7 Å². The van der Waals surface area contributed by atoms with Gasteiger partial charge < -0.3 is 19.5 Å². The molecule has 0 unspecified atom stereocenters. The van der Waals surface area contributed by atoms with Gasteiger partial charge in [-0.15, -0.1) is 0 Å². The lowest BCUT2D eigenvalue weighted by Gasteiger charge is -2.37. The number of carbonyl (C=O) groups excluding carboxylic acids is 1. The summed E-state index contributed by atoms with van der Waals surface area (Å²) in [6.45, 7) is 5.12. The first-order chi connectivity index (χ1) is 17.6. The molecule has 186 valence electrons. The predicted molar refractivity (Wildman–Crippen MR) is 147 cm³/mol. The van der Waals surface area contributed by atoms with Crippen LogP contribution in [0.25, 0.3) is 10.9 Å². The van der Waals surface area contributed by atoms with Crippen LogP contribution in [-0.4, -0.2) is 49.1 Å². The number of hydrogen-bond donors (Lipinski definition) is 1. The number of ether oxygens (including phenoxy) is 1. The summed E-state index contributed by atoms with van der Waals surface area (Å²) < 4.78 is 5.54. The molecular formula is C30H32ClN3O2. The monoisotopic (exact) mass is 501 g/mol. The molecule has 1 N–H and O–H groups in total. The first kappa shape index (κ1) is 24.3. The lowest BCUT2D eigenvalue weighted by Crippen LogP contribution is -2.49. The molecule has 1 aromatic heterocycles. The molecule has 0 aliphatic carbocycles. The Morgan fingerprint density at radius 1 is 1.00 bits per heavy atom. The number of aromatic nitrogens is 1. The number of anilines is 1. The van der Waals surface area contributed by atoms with Gasteiger partial charge in [0.1, 0.15) is 5.75 Å². The Morgan fingerprint density at radius 3 is 2.47 bits per heavy atom. The second-order valence-corrected chi connectivity index (χ2v) is 9.72. The third kappa shape index (κ3) is 4.80. The van der Waals surface area contributed by atoms with E-state index >= 15 is 0 Å². The van der Waals surface area contributed by atoms with Gasteiger partial charge in [-0.05, 0) is 47.4 Å². The standard InChI is InChI=1S/C30H32ClN3O2/c1-3-21-7-6-8-24-26(20-32-30(21)24)25(22-11-13-23(31)14-12-22)19-29(35)34-17-15-33(16-18-34)27-9-4-5-10-28(27)36-2/h4-14,20,25,32H,3,15-19H2,1-2H3/t25-/m0/s1. The molecule has 4 aromatic rings. The fourth-order valence-electron chi connectivity index (χ4n) is 5.32. The van der Waals surface area contributed by atoms with E-state index in [0.717, 1.165) is 47.6 Å². The van der Waals surface area contributed by atoms with Crippen molar-refractivity contribution in [2.75, 3.05) is 38.2 Å². The Bertz CT molecular complexity index is 1340. The number of aromatic amines is 1. The molecule has 1 aliphatic heterocycles. The van der Waals surface area contributed by atoms with Gasteiger partial charge in [-0.3, -0.25) is 4.79 Å². The van der Waals surface area contributed by atoms with Crippen LogP contribution in [-0.2, 0) is 11.2 Å². The molecule has 3 aromatic carbocycles. The second-order valence-electron chi connectivity index (χ2n) is 9.29. The van der Waals surface area contributed by atoms with Gasteiger partial charge in [0, 0.05) is 60.6 Å². The van der Waals surface area contributed by atoms with Crippen LogP contribution in [0.5, 0.6) is 5.75 Å². The topological polar surface area (TPSA) is 48.6 Å². The molecule has 5 rings (SSSR count). The number of piperazine rings is 1. The van der Waals surface area contributed by atoms with Crippen LogP contribution in [0.2, 0.25) is 5.02 Å². The number of nitrogens with one attached hydrogen (secondary N) is 1. The smallest absolute Gasteiger partial charge is 0.223 e. The molecule has 0 bridgehead atoms. The molecule has 1 fully saturated rings. The maximum absolute atomic E-state index is 13.6. The third-order valence-corrected chi connectivity index (χ3v) is 7.55. The number of halogens is 1. The Morgan fingerprint density at radius 2 is 1.75 bits per heavy atom. The van der Waals surface area contributed by atoms with Gasteiger partial charge in [0.15, 0.2) is 0 Å². The molecule has 1 atom stereocenters. The van der Waals surface area contributed by atoms with Crippen LogP contribution in [0.4, 0.5) is 5.69 Å². The fraction of sp³-hybridized carbons (Fsp3) is 0.300. The average Bonchev–Trinajstić information content (AvgIpc) is 3.36. The SMILES string of the molecule is CCc1cccc2c([C@@H](CC(=O)N3CCN(c4ccccc4OC)CC3)c3ccc(Cl)cc3)c[nH]c12. The van der Waals surface area contributed by atoms with Crippen molar-refractivity contribution < 1.29 is 9.53 Å². The highest BCUT2D eigenvalue weighted by atomic mass is 35.5. The zero-order valence-electron chi connectivity index (χ0n) is 20.8. The molecular weight excluding hydrogens is 470 g/mol. The molecule has 0 radical (unpaired) electrons. The minimum Gasteiger partial charge on any atom is -0.495 e. The number of rotatable bonds is 7. The Labute approximate surface area is 217 Å². The maximum atomic E-state index is 13.6. The number of aryl methyl sites for hydroxylation is 1. The normalized spacial score (nSPS) is 14.8. The molecule has 36 heavy (non-hydrogen) atoms. The van der Waals surface area contributed by atoms with Crippen molar-refractivity contribution in [3.8, 4) is 5.75 Å². The van der Waals surface area contributed by atoms with Gasteiger partial charge in [0.25, 0.3) is 0 Å². The first-order valence-corrected chi connectivity index (χ1v) is 13.0. The van der Waals surface area contributed by atoms with Crippen molar-refractivity contribution in [2.24, 2.45) is 0 Å². The Hall–Kier alpha value is -3.44. The van der Waals surface area contributed by atoms with Crippen LogP contribution < -0.4 is 9.64 Å². The number of hydrogen-bond acceptors (Lipinski definition) is 3. The summed E-state index contributed by atoms with van der Waals surface area (Å²) in [7, 11) is 1.70. The van der Waals surface area contributed by atoms with Crippen LogP contribution in [0.3, 0.4) is 0 Å². The highest BCUT2D eigenvalue weighted by Gasteiger charge is 2.27. The predicted octanol–water partition coefficient (Wildman–Crippen LogP) is 6.26. The quantitative estimate of drug-likeness (QED) is 0.325. The molecule has 2 heterocycles. The number of para-hydroxylation sites is 3. The second kappa shape index (κ2) is 10.7. The highest BCUT2D eigenvalue weighted by Crippen LogP contribution is 2.36. The van der Waals surface area contributed by atoms with Gasteiger partial charge in [-0.1, -0.05) is 61.0 Å². The molecule has 0 spiro atoms. The number of amides is 1. The summed E-state index contributed by atoms with van der Waals surface area (Å²) in [6.07, 6.45) is 3.45. The van der Waals surface area contributed by atoms with Crippen LogP contribution in [0, 0.1) is 0 Å². The summed E-state index contributed by atoms with van der Waals surface area (Å²) in [5, 5.41) is 1.88. The molecule has 1 amide bonds. The molecule has 6 heteroatoms. The first-order valence-electron chi connectivity index (χ1n) is 12.6. The largest absolute Gasteiger partial charge is 0.495 e. The number of fused-ring (bicyclic) bond motifs is 1. The summed E-state index contributed by atoms with van der Waals surface area (Å²) in [6, 6.07) is 22.4. The van der Waals surface area contributed by atoms with Gasteiger partial charge >= 0.3 is 0 Å². The zero-order chi connectivity index (χ0) is 25.1. The minimum absolute atomic E-state index is 0.0529. The van der Waals surface area contributed by atoms with E-state index in [1.54, 1.807) is 7.11 Å². The Balaban J connectivity index is 1.37. The lowest BCUT2D eigenvalue weighted by molar-refractivity contribution is -0.131. The molecule has 1 aliphatic rings. The Kier molecular flexibility index (Phi) is 7.19. The molecule has 5 nitrogen and oxygen atoms in total. The van der Waals surface area contributed by atoms with E-state index in [-0.39, 0.29) is 11.8 Å². The molecule has 1 saturated heterocycles. The summed E-state index contributed by atoms with van der Waals surface area (Å²) in [4.78, 5) is 21.4. The van der Waals surface area contributed by atoms with Gasteiger partial charge in [0.05, 0.1) is 12.8 Å². The minimum atomic E-state index is -0.0529. The van der Waals surface area contributed by atoms with Crippen LogP contribution in [0.1, 0.15) is 36.0 Å². The number of methoxy groups -OCH3 is 1. The van der Waals surface area contributed by atoms with Crippen molar-refractivity contribution in [1.29, 1.82) is 0 Å². The number of benzene rings is 3. The lowest BCUT2D eigenvalue weighted by atomic mass is 9.87. The number of nitrogens with zero attached hydrogens (tertiary/aromatic N) is 2. The zero-order valence-corrected chi connectivity index (χ0v) is 21.6. The van der Waals surface area contributed by atoms with E-state index in [1.807, 2.05) is 47.4 Å². The maximum Gasteiger partial charge on any atom is 0.223 e. The fourth-order valence-corrected chi connectivity index (χ4v) is 5.44. The van der Waals surface area contributed by atoms with Crippen molar-refractivity contribution in [1.82, 2.24) is 9.88 Å². The van der Waals surface area contributed by atoms with Crippen LogP contribution in [0.15, 0.2) is 72.9 Å². The van der Waals surface area contributed by atoms with Crippen LogP contribution >= 0.6 is 11.6 Å². The van der Waals surface area contributed by atoms with E-state index in [0.29, 0.717) is 24.5 Å². The van der Waals surface area contributed by atoms with E-state index in [1.165, 1.54) is 10.9 Å². The third-order valence-electron chi connectivity index (χ3n) is 7.30. The molecule has 0 saturated carbocycles. The average molecular weight is 502 g/mol. The summed E-state index contributed by atoms with van der Waals surface area (Å²) >= 11 is 6.19. The van der Waals surface area contributed by atoms with E-state index < -0.39 is 0 Å². The summed E-state index contributed by atoms with van der Waals surface area (Å²) in [5.41, 5.74) is 5.78. The number of carbonyl (C=O) groups is 1.